The second-order valence-electron chi connectivity index (χ2n) is 2.98. The van der Waals surface area contributed by atoms with E-state index in [1.54, 1.807) is 0 Å². The van der Waals surface area contributed by atoms with Gasteiger partial charge in [-0.25, -0.2) is 8.78 Å². The summed E-state index contributed by atoms with van der Waals surface area (Å²) in [5.41, 5.74) is -4.55. The van der Waals surface area contributed by atoms with Crippen LogP contribution in [-0.2, 0) is 12.8 Å². The highest BCUT2D eigenvalue weighted by atomic mass is 19.4. The van der Waals surface area contributed by atoms with Crippen molar-refractivity contribution in [2.24, 2.45) is 0 Å². The van der Waals surface area contributed by atoms with Crippen LogP contribution in [0, 0.1) is 11.3 Å². The standard InChI is InChI=1S/C9H5F5N2O/c10-8(11)7-4(1-15)5(9(12,13)14)2-16-6(7)3-17/h2,8,17H,3H2. The first kappa shape index (κ1) is 13.3. The number of alkyl halides is 5. The van der Waals surface area contributed by atoms with Crippen molar-refractivity contribution in [1.82, 2.24) is 4.98 Å². The molecule has 3 nitrogen and oxygen atoms in total. The third kappa shape index (κ3) is 2.50. The van der Waals surface area contributed by atoms with Gasteiger partial charge in [-0.2, -0.15) is 18.4 Å². The van der Waals surface area contributed by atoms with Crippen molar-refractivity contribution < 1.29 is 27.1 Å². The number of halogens is 5. The lowest BCUT2D eigenvalue weighted by Gasteiger charge is -2.13. The molecule has 17 heavy (non-hydrogen) atoms. The van der Waals surface area contributed by atoms with Crippen molar-refractivity contribution in [3.8, 4) is 6.07 Å². The first-order valence-electron chi connectivity index (χ1n) is 4.21. The summed E-state index contributed by atoms with van der Waals surface area (Å²) in [6.07, 6.45) is -8.01. The van der Waals surface area contributed by atoms with E-state index >= 15 is 0 Å². The maximum Gasteiger partial charge on any atom is 0.419 e. The SMILES string of the molecule is N#Cc1c(C(F)(F)F)cnc(CO)c1C(F)F. The Bertz CT molecular complexity index is 464. The fourth-order valence-electron chi connectivity index (χ4n) is 1.26. The predicted octanol–water partition coefficient (Wildman–Crippen LogP) is 2.40. The molecule has 8 heteroatoms. The van der Waals surface area contributed by atoms with Crippen LogP contribution in [0.25, 0.3) is 0 Å². The lowest BCUT2D eigenvalue weighted by molar-refractivity contribution is -0.138. The van der Waals surface area contributed by atoms with Crippen molar-refractivity contribution in [3.63, 3.8) is 0 Å². The smallest absolute Gasteiger partial charge is 0.390 e. The van der Waals surface area contributed by atoms with Gasteiger partial charge in [-0.3, -0.25) is 4.98 Å². The minimum absolute atomic E-state index is 0.260. The molecule has 0 bridgehead atoms. The Morgan fingerprint density at radius 2 is 2.00 bits per heavy atom. The number of aromatic nitrogens is 1. The molecule has 0 radical (unpaired) electrons. The molecule has 1 aromatic heterocycles. The van der Waals surface area contributed by atoms with Gasteiger partial charge in [-0.05, 0) is 0 Å². The van der Waals surface area contributed by atoms with E-state index in [9.17, 15) is 22.0 Å². The second kappa shape index (κ2) is 4.63. The van der Waals surface area contributed by atoms with Crippen molar-refractivity contribution in [3.05, 3.63) is 28.6 Å². The number of nitriles is 1. The number of aliphatic hydroxyl groups excluding tert-OH is 1. The topological polar surface area (TPSA) is 56.9 Å². The maximum absolute atomic E-state index is 12.6. The molecule has 1 heterocycles. The molecule has 0 fully saturated rings. The van der Waals surface area contributed by atoms with Crippen molar-refractivity contribution in [1.29, 1.82) is 5.26 Å². The van der Waals surface area contributed by atoms with E-state index in [0.717, 1.165) is 6.07 Å². The predicted molar refractivity (Wildman–Crippen MR) is 44.8 cm³/mol. The van der Waals surface area contributed by atoms with Crippen LogP contribution >= 0.6 is 0 Å². The summed E-state index contributed by atoms with van der Waals surface area (Å²) < 4.78 is 62.4. The van der Waals surface area contributed by atoms with E-state index in [4.69, 9.17) is 10.4 Å². The number of pyridine rings is 1. The highest BCUT2D eigenvalue weighted by molar-refractivity contribution is 5.47. The molecule has 0 aliphatic carbocycles. The number of hydrogen-bond donors (Lipinski definition) is 1. The van der Waals surface area contributed by atoms with Gasteiger partial charge in [0.2, 0.25) is 0 Å². The second-order valence-corrected chi connectivity index (χ2v) is 2.98. The van der Waals surface area contributed by atoms with Gasteiger partial charge < -0.3 is 5.11 Å². The van der Waals surface area contributed by atoms with Crippen LogP contribution in [0.1, 0.15) is 28.8 Å². The Morgan fingerprint density at radius 1 is 1.41 bits per heavy atom. The molecular weight excluding hydrogens is 247 g/mol. The van der Waals surface area contributed by atoms with Gasteiger partial charge in [0.05, 0.1) is 29.0 Å². The highest BCUT2D eigenvalue weighted by Gasteiger charge is 2.37. The molecular formula is C9H5F5N2O. The van der Waals surface area contributed by atoms with Crippen LogP contribution < -0.4 is 0 Å². The molecule has 0 unspecified atom stereocenters. The summed E-state index contributed by atoms with van der Waals surface area (Å²) >= 11 is 0. The Morgan fingerprint density at radius 3 is 2.35 bits per heavy atom. The zero-order valence-electron chi connectivity index (χ0n) is 8.09. The minimum Gasteiger partial charge on any atom is -0.390 e. The first-order valence-corrected chi connectivity index (χ1v) is 4.21. The molecule has 1 aromatic rings. The summed E-state index contributed by atoms with van der Waals surface area (Å²) in [5, 5.41) is 17.2. The summed E-state index contributed by atoms with van der Waals surface area (Å²) in [4.78, 5) is 3.09. The fourth-order valence-corrected chi connectivity index (χ4v) is 1.26. The molecule has 0 spiro atoms. The molecule has 0 saturated carbocycles. The van der Waals surface area contributed by atoms with Gasteiger partial charge in [0, 0.05) is 6.20 Å². The van der Waals surface area contributed by atoms with E-state index in [2.05, 4.69) is 4.98 Å². The Kier molecular flexibility index (Phi) is 3.63. The van der Waals surface area contributed by atoms with Crippen LogP contribution in [0.5, 0.6) is 0 Å². The number of hydrogen-bond acceptors (Lipinski definition) is 3. The van der Waals surface area contributed by atoms with Crippen LogP contribution in [0.15, 0.2) is 6.20 Å². The summed E-state index contributed by atoms with van der Waals surface area (Å²) in [6, 6.07) is 1.08. The summed E-state index contributed by atoms with van der Waals surface area (Å²) in [6.45, 7) is -0.966. The fraction of sp³-hybridized carbons (Fsp3) is 0.333. The highest BCUT2D eigenvalue weighted by Crippen LogP contribution is 2.36. The molecule has 1 N–H and O–H groups in total. The molecule has 92 valence electrons. The van der Waals surface area contributed by atoms with Crippen LogP contribution in [0.3, 0.4) is 0 Å². The van der Waals surface area contributed by atoms with E-state index in [-0.39, 0.29) is 6.20 Å². The Balaban J connectivity index is 3.60. The van der Waals surface area contributed by atoms with E-state index in [1.807, 2.05) is 0 Å². The third-order valence-electron chi connectivity index (χ3n) is 1.98. The van der Waals surface area contributed by atoms with E-state index in [1.165, 1.54) is 0 Å². The quantitative estimate of drug-likeness (QED) is 0.822. The normalized spacial score (nSPS) is 11.6. The molecule has 0 aliphatic rings. The van der Waals surface area contributed by atoms with Crippen molar-refractivity contribution in [2.75, 3.05) is 0 Å². The lowest BCUT2D eigenvalue weighted by atomic mass is 10.0. The van der Waals surface area contributed by atoms with Crippen molar-refractivity contribution >= 4 is 0 Å². The van der Waals surface area contributed by atoms with Gasteiger partial charge in [0.25, 0.3) is 6.43 Å². The van der Waals surface area contributed by atoms with Crippen LogP contribution in [-0.4, -0.2) is 10.1 Å². The average molecular weight is 252 g/mol. The maximum atomic E-state index is 12.6. The van der Waals surface area contributed by atoms with Gasteiger partial charge in [-0.1, -0.05) is 0 Å². The van der Waals surface area contributed by atoms with Gasteiger partial charge in [0.15, 0.2) is 0 Å². The first-order chi connectivity index (χ1) is 7.82. The van der Waals surface area contributed by atoms with Gasteiger partial charge in [0.1, 0.15) is 6.07 Å². The van der Waals surface area contributed by atoms with Crippen LogP contribution in [0.2, 0.25) is 0 Å². The van der Waals surface area contributed by atoms with E-state index < -0.39 is 41.6 Å². The minimum atomic E-state index is -4.95. The Hall–Kier alpha value is -1.75. The molecule has 0 amide bonds. The molecule has 0 aromatic carbocycles. The molecule has 1 rings (SSSR count). The summed E-state index contributed by atoms with van der Waals surface area (Å²) in [7, 11) is 0. The van der Waals surface area contributed by atoms with Gasteiger partial charge >= 0.3 is 6.18 Å². The zero-order chi connectivity index (χ0) is 13.2. The molecule has 0 saturated heterocycles. The average Bonchev–Trinajstić information content (AvgIpc) is 2.25. The summed E-state index contributed by atoms with van der Waals surface area (Å²) in [5.74, 6) is 0. The third-order valence-corrected chi connectivity index (χ3v) is 1.98. The van der Waals surface area contributed by atoms with Gasteiger partial charge in [-0.15, -0.1) is 0 Å². The van der Waals surface area contributed by atoms with E-state index in [0.29, 0.717) is 0 Å². The monoisotopic (exact) mass is 252 g/mol. The van der Waals surface area contributed by atoms with Crippen LogP contribution in [0.4, 0.5) is 22.0 Å². The molecule has 0 aliphatic heterocycles. The lowest BCUT2D eigenvalue weighted by Crippen LogP contribution is -2.13. The number of rotatable bonds is 2. The van der Waals surface area contributed by atoms with Crippen molar-refractivity contribution in [2.45, 2.75) is 19.2 Å². The largest absolute Gasteiger partial charge is 0.419 e. The Labute approximate surface area is 92.1 Å². The zero-order valence-corrected chi connectivity index (χ0v) is 8.09. The molecule has 0 atom stereocenters. The number of aliphatic hydroxyl groups is 1. The number of nitrogens with zero attached hydrogens (tertiary/aromatic N) is 2.